The fraction of sp³-hybridized carbons (Fsp3) is 0.355. The fourth-order valence-corrected chi connectivity index (χ4v) is 6.14. The van der Waals surface area contributed by atoms with E-state index in [1.54, 1.807) is 48.5 Å². The first-order valence-electron chi connectivity index (χ1n) is 13.2. The number of nitrogens with one attached hydrogen (secondary N) is 1. The molecular weight excluding hydrogens is 546 g/mol. The summed E-state index contributed by atoms with van der Waals surface area (Å²) in [6.07, 6.45) is 0.326. The third-order valence-electron chi connectivity index (χ3n) is 6.29. The van der Waals surface area contributed by atoms with Gasteiger partial charge >= 0.3 is 0 Å². The first-order chi connectivity index (χ1) is 18.7. The topological polar surface area (TPSA) is 86.8 Å². The minimum Gasteiger partial charge on any atom is -0.350 e. The van der Waals surface area contributed by atoms with Crippen LogP contribution in [0.15, 0.2) is 77.7 Å². The van der Waals surface area contributed by atoms with Crippen LogP contribution < -0.4 is 9.62 Å². The van der Waals surface area contributed by atoms with Crippen LogP contribution in [0.25, 0.3) is 0 Å². The molecule has 1 N–H and O–H groups in total. The maximum absolute atomic E-state index is 14.2. The molecule has 0 unspecified atom stereocenters. The van der Waals surface area contributed by atoms with Crippen LogP contribution in [0.4, 0.5) is 5.69 Å². The molecule has 0 aliphatic rings. The number of carbonyl (C=O) groups is 2. The van der Waals surface area contributed by atoms with E-state index in [2.05, 4.69) is 5.32 Å². The highest BCUT2D eigenvalue weighted by Gasteiger charge is 2.35. The summed E-state index contributed by atoms with van der Waals surface area (Å²) in [5.74, 6) is -0.839. The van der Waals surface area contributed by atoms with Crippen molar-refractivity contribution in [3.05, 3.63) is 94.5 Å². The number of sulfonamides is 1. The fourth-order valence-electron chi connectivity index (χ4n) is 4.53. The molecule has 0 aliphatic heterocycles. The molecule has 0 heterocycles. The van der Waals surface area contributed by atoms with Crippen molar-refractivity contribution in [2.45, 2.75) is 71.0 Å². The second-order valence-corrected chi connectivity index (χ2v) is 13.2. The number of rotatable bonds is 10. The minimum atomic E-state index is -4.12. The van der Waals surface area contributed by atoms with Crippen LogP contribution in [-0.4, -0.2) is 43.3 Å². The normalized spacial score (nSPS) is 12.5. The molecule has 0 bridgehead atoms. The van der Waals surface area contributed by atoms with Crippen molar-refractivity contribution >= 4 is 39.1 Å². The van der Waals surface area contributed by atoms with Crippen LogP contribution in [0.3, 0.4) is 0 Å². The van der Waals surface area contributed by atoms with Gasteiger partial charge in [-0.3, -0.25) is 13.9 Å². The van der Waals surface area contributed by atoms with Crippen LogP contribution >= 0.6 is 11.6 Å². The molecule has 1 atom stereocenters. The Balaban J connectivity index is 2.11. The second kappa shape index (κ2) is 12.9. The van der Waals surface area contributed by atoms with Gasteiger partial charge in [0.1, 0.15) is 12.6 Å². The number of aryl methyl sites for hydroxylation is 2. The van der Waals surface area contributed by atoms with E-state index in [4.69, 9.17) is 11.6 Å². The molecule has 0 saturated heterocycles. The Morgan fingerprint density at radius 2 is 1.50 bits per heavy atom. The van der Waals surface area contributed by atoms with Crippen molar-refractivity contribution in [2.24, 2.45) is 0 Å². The molecule has 3 aromatic carbocycles. The Labute approximate surface area is 243 Å². The highest BCUT2D eigenvalue weighted by Crippen LogP contribution is 2.27. The van der Waals surface area contributed by atoms with E-state index in [9.17, 15) is 18.0 Å². The summed E-state index contributed by atoms with van der Waals surface area (Å²) in [5.41, 5.74) is 2.23. The van der Waals surface area contributed by atoms with E-state index < -0.39 is 34.1 Å². The average Bonchev–Trinajstić information content (AvgIpc) is 2.87. The zero-order valence-corrected chi connectivity index (χ0v) is 25.5. The lowest BCUT2D eigenvalue weighted by Gasteiger charge is -2.35. The molecule has 0 aliphatic carbocycles. The van der Waals surface area contributed by atoms with Crippen molar-refractivity contribution in [1.82, 2.24) is 10.2 Å². The minimum absolute atomic E-state index is 0.0423. The average molecular weight is 584 g/mol. The Morgan fingerprint density at radius 1 is 0.925 bits per heavy atom. The van der Waals surface area contributed by atoms with E-state index in [1.807, 2.05) is 53.7 Å². The van der Waals surface area contributed by atoms with Gasteiger partial charge in [-0.25, -0.2) is 8.42 Å². The lowest BCUT2D eigenvalue weighted by atomic mass is 10.1. The Morgan fingerprint density at radius 3 is 2.05 bits per heavy atom. The van der Waals surface area contributed by atoms with Crippen LogP contribution in [0.1, 0.15) is 50.8 Å². The number of benzene rings is 3. The summed E-state index contributed by atoms with van der Waals surface area (Å²) in [5, 5.41) is 3.42. The molecule has 2 amide bonds. The summed E-state index contributed by atoms with van der Waals surface area (Å²) >= 11 is 6.45. The zero-order valence-electron chi connectivity index (χ0n) is 23.9. The molecule has 0 radical (unpaired) electrons. The van der Waals surface area contributed by atoms with Crippen LogP contribution in [-0.2, 0) is 26.2 Å². The molecule has 0 spiro atoms. The van der Waals surface area contributed by atoms with Gasteiger partial charge in [-0.2, -0.15) is 0 Å². The molecule has 214 valence electrons. The van der Waals surface area contributed by atoms with E-state index in [1.165, 1.54) is 17.0 Å². The van der Waals surface area contributed by atoms with Crippen molar-refractivity contribution in [3.8, 4) is 0 Å². The monoisotopic (exact) mass is 583 g/mol. The molecule has 0 fully saturated rings. The number of amides is 2. The summed E-state index contributed by atoms with van der Waals surface area (Å²) in [6.45, 7) is 10.7. The summed E-state index contributed by atoms with van der Waals surface area (Å²) in [4.78, 5) is 29.1. The van der Waals surface area contributed by atoms with Gasteiger partial charge in [0, 0.05) is 17.1 Å². The third kappa shape index (κ3) is 7.86. The van der Waals surface area contributed by atoms with E-state index >= 15 is 0 Å². The Hall–Kier alpha value is -3.36. The molecule has 7 nitrogen and oxygen atoms in total. The van der Waals surface area contributed by atoms with Gasteiger partial charge in [0.15, 0.2) is 0 Å². The summed E-state index contributed by atoms with van der Waals surface area (Å²) < 4.78 is 29.0. The maximum atomic E-state index is 14.2. The number of anilines is 1. The van der Waals surface area contributed by atoms with Crippen molar-refractivity contribution in [1.29, 1.82) is 0 Å². The predicted octanol–water partition coefficient (Wildman–Crippen LogP) is 5.87. The first kappa shape index (κ1) is 31.2. The van der Waals surface area contributed by atoms with Crippen molar-refractivity contribution in [2.75, 3.05) is 10.8 Å². The number of halogens is 1. The molecular formula is C31H38ClN3O4S. The lowest BCUT2D eigenvalue weighted by Crippen LogP contribution is -2.55. The quantitative estimate of drug-likeness (QED) is 0.323. The van der Waals surface area contributed by atoms with Crippen LogP contribution in [0.5, 0.6) is 0 Å². The molecule has 3 aromatic rings. The first-order valence-corrected chi connectivity index (χ1v) is 15.1. The lowest BCUT2D eigenvalue weighted by molar-refractivity contribution is -0.141. The van der Waals surface area contributed by atoms with E-state index in [0.717, 1.165) is 15.4 Å². The Bertz CT molecular complexity index is 1430. The number of carbonyl (C=O) groups excluding carboxylic acids is 2. The van der Waals surface area contributed by atoms with E-state index in [0.29, 0.717) is 22.7 Å². The van der Waals surface area contributed by atoms with Gasteiger partial charge in [-0.15, -0.1) is 0 Å². The number of hydrogen-bond acceptors (Lipinski definition) is 4. The van der Waals surface area contributed by atoms with Gasteiger partial charge < -0.3 is 10.2 Å². The van der Waals surface area contributed by atoms with Crippen LogP contribution in [0, 0.1) is 13.8 Å². The van der Waals surface area contributed by atoms with Gasteiger partial charge in [0.25, 0.3) is 10.0 Å². The predicted molar refractivity (Wildman–Crippen MR) is 161 cm³/mol. The number of nitrogens with zero attached hydrogens (tertiary/aromatic N) is 2. The highest BCUT2D eigenvalue weighted by atomic mass is 35.5. The van der Waals surface area contributed by atoms with E-state index in [-0.39, 0.29) is 17.3 Å². The van der Waals surface area contributed by atoms with Crippen molar-refractivity contribution in [3.63, 3.8) is 0 Å². The van der Waals surface area contributed by atoms with Gasteiger partial charge in [0.05, 0.1) is 10.6 Å². The molecule has 0 saturated carbocycles. The largest absolute Gasteiger partial charge is 0.350 e. The molecule has 9 heteroatoms. The number of hydrogen-bond donors (Lipinski definition) is 1. The standard InChI is InChI=1S/C31H38ClN3O4S/c1-7-28(30(37)33-31(4,5)6)34(20-24-13-11-12-16-27(24)32)29(36)21-35(25-18-22(2)17-23(3)19-25)40(38,39)26-14-9-8-10-15-26/h8-19,28H,7,20-21H2,1-6H3,(H,33,37)/t28-/m1/s1. The summed E-state index contributed by atoms with van der Waals surface area (Å²) in [6, 6.07) is 19.7. The zero-order chi connectivity index (χ0) is 29.7. The summed E-state index contributed by atoms with van der Waals surface area (Å²) in [7, 11) is -4.12. The van der Waals surface area contributed by atoms with Gasteiger partial charge in [-0.1, -0.05) is 61.0 Å². The molecule has 3 rings (SSSR count). The smallest absolute Gasteiger partial charge is 0.264 e. The van der Waals surface area contributed by atoms with Gasteiger partial charge in [0.2, 0.25) is 11.8 Å². The maximum Gasteiger partial charge on any atom is 0.264 e. The van der Waals surface area contributed by atoms with Crippen LogP contribution in [0.2, 0.25) is 5.02 Å². The molecule has 0 aromatic heterocycles. The second-order valence-electron chi connectivity index (χ2n) is 10.9. The molecule has 40 heavy (non-hydrogen) atoms. The highest BCUT2D eigenvalue weighted by molar-refractivity contribution is 7.92. The SMILES string of the molecule is CC[C@H](C(=O)NC(C)(C)C)N(Cc1ccccc1Cl)C(=O)CN(c1cc(C)cc(C)c1)S(=O)(=O)c1ccccc1. The Kier molecular flexibility index (Phi) is 10.0. The van der Waals surface area contributed by atoms with Crippen molar-refractivity contribution < 1.29 is 18.0 Å². The third-order valence-corrected chi connectivity index (χ3v) is 8.44. The van der Waals surface area contributed by atoms with Gasteiger partial charge in [-0.05, 0) is 88.1 Å².